The van der Waals surface area contributed by atoms with Crippen molar-refractivity contribution in [1.29, 1.82) is 0 Å². The maximum Gasteiger partial charge on any atom is 0.0667 e. The average molecular weight is 273 g/mol. The minimum atomic E-state index is -0.309. The Kier molecular flexibility index (Phi) is 5.77. The Morgan fingerprint density at radius 3 is 2.75 bits per heavy atom. The van der Waals surface area contributed by atoms with E-state index in [4.69, 9.17) is 0 Å². The number of benzene rings is 1. The van der Waals surface area contributed by atoms with Gasteiger partial charge in [0.05, 0.1) is 12.3 Å². The van der Waals surface area contributed by atoms with Crippen molar-refractivity contribution in [1.82, 2.24) is 15.1 Å². The van der Waals surface area contributed by atoms with Crippen LogP contribution in [0.15, 0.2) is 42.7 Å². The van der Waals surface area contributed by atoms with Crippen LogP contribution in [0.4, 0.5) is 0 Å². The second-order valence-electron chi connectivity index (χ2n) is 5.01. The molecule has 0 fully saturated rings. The molecule has 4 nitrogen and oxygen atoms in total. The zero-order valence-electron chi connectivity index (χ0n) is 12.0. The van der Waals surface area contributed by atoms with Crippen molar-refractivity contribution in [2.45, 2.75) is 39.0 Å². The minimum absolute atomic E-state index is 0.309. The average Bonchev–Trinajstić information content (AvgIpc) is 2.94. The van der Waals surface area contributed by atoms with E-state index in [0.29, 0.717) is 6.54 Å². The van der Waals surface area contributed by atoms with Gasteiger partial charge >= 0.3 is 0 Å². The fraction of sp³-hybridized carbons (Fsp3) is 0.438. The van der Waals surface area contributed by atoms with E-state index >= 15 is 0 Å². The standard InChI is InChI=1S/C16H23N3O/c1-2-19-13-15(11-18-19)10-17-12-16(20)9-8-14-6-4-3-5-7-14/h3-7,11,13,16-17,20H,2,8-10,12H2,1H3/t16-/m0/s1. The number of nitrogens with one attached hydrogen (secondary N) is 1. The third kappa shape index (κ3) is 4.79. The predicted octanol–water partition coefficient (Wildman–Crippen LogP) is 1.99. The smallest absolute Gasteiger partial charge is 0.0667 e. The molecule has 0 aliphatic rings. The van der Waals surface area contributed by atoms with Gasteiger partial charge in [0.15, 0.2) is 0 Å². The SMILES string of the molecule is CCn1cc(CNC[C@@H](O)CCc2ccccc2)cn1. The van der Waals surface area contributed by atoms with Gasteiger partial charge in [-0.05, 0) is 25.3 Å². The van der Waals surface area contributed by atoms with Crippen molar-refractivity contribution >= 4 is 0 Å². The zero-order valence-corrected chi connectivity index (χ0v) is 12.0. The Balaban J connectivity index is 1.63. The topological polar surface area (TPSA) is 50.1 Å². The van der Waals surface area contributed by atoms with E-state index in [-0.39, 0.29) is 6.10 Å². The number of aliphatic hydroxyl groups excluding tert-OH is 1. The molecule has 1 aromatic carbocycles. The molecular formula is C16H23N3O. The van der Waals surface area contributed by atoms with Gasteiger partial charge in [-0.2, -0.15) is 5.10 Å². The molecule has 4 heteroatoms. The number of hydrogen-bond acceptors (Lipinski definition) is 3. The van der Waals surface area contributed by atoms with Gasteiger partial charge in [-0.25, -0.2) is 0 Å². The van der Waals surface area contributed by atoms with Crippen LogP contribution in [-0.2, 0) is 19.5 Å². The molecule has 2 N–H and O–H groups in total. The van der Waals surface area contributed by atoms with Gasteiger partial charge in [-0.15, -0.1) is 0 Å². The van der Waals surface area contributed by atoms with Crippen molar-refractivity contribution in [3.63, 3.8) is 0 Å². The molecule has 0 aliphatic carbocycles. The van der Waals surface area contributed by atoms with E-state index in [0.717, 1.165) is 31.5 Å². The highest BCUT2D eigenvalue weighted by Crippen LogP contribution is 2.05. The molecule has 0 spiro atoms. The summed E-state index contributed by atoms with van der Waals surface area (Å²) in [5.74, 6) is 0. The molecule has 0 aliphatic heterocycles. The molecule has 0 radical (unpaired) electrons. The monoisotopic (exact) mass is 273 g/mol. The molecule has 1 atom stereocenters. The molecule has 0 saturated carbocycles. The lowest BCUT2D eigenvalue weighted by Gasteiger charge is -2.11. The van der Waals surface area contributed by atoms with Crippen molar-refractivity contribution in [3.05, 3.63) is 53.9 Å². The molecule has 1 aromatic heterocycles. The van der Waals surface area contributed by atoms with Crippen LogP contribution in [0.1, 0.15) is 24.5 Å². The summed E-state index contributed by atoms with van der Waals surface area (Å²) in [6.45, 7) is 4.32. The Bertz CT molecular complexity index is 495. The van der Waals surface area contributed by atoms with Crippen LogP contribution in [0, 0.1) is 0 Å². The Hall–Kier alpha value is -1.65. The lowest BCUT2D eigenvalue weighted by Crippen LogP contribution is -2.26. The highest BCUT2D eigenvalue weighted by molar-refractivity contribution is 5.14. The van der Waals surface area contributed by atoms with Crippen molar-refractivity contribution in [2.24, 2.45) is 0 Å². The molecule has 2 aromatic rings. The number of aliphatic hydroxyl groups is 1. The van der Waals surface area contributed by atoms with Crippen LogP contribution < -0.4 is 5.32 Å². The molecule has 1 heterocycles. The molecule has 2 rings (SSSR count). The zero-order chi connectivity index (χ0) is 14.2. The number of aryl methyl sites for hydroxylation is 2. The lowest BCUT2D eigenvalue weighted by molar-refractivity contribution is 0.161. The first-order chi connectivity index (χ1) is 9.78. The van der Waals surface area contributed by atoms with Crippen molar-refractivity contribution < 1.29 is 5.11 Å². The third-order valence-electron chi connectivity index (χ3n) is 3.33. The second kappa shape index (κ2) is 7.82. The Morgan fingerprint density at radius 1 is 1.25 bits per heavy atom. The quantitative estimate of drug-likeness (QED) is 0.773. The van der Waals surface area contributed by atoms with Crippen LogP contribution in [-0.4, -0.2) is 27.5 Å². The summed E-state index contributed by atoms with van der Waals surface area (Å²) < 4.78 is 1.91. The van der Waals surface area contributed by atoms with Crippen LogP contribution >= 0.6 is 0 Å². The second-order valence-corrected chi connectivity index (χ2v) is 5.01. The van der Waals surface area contributed by atoms with Crippen LogP contribution in [0.25, 0.3) is 0 Å². The molecular weight excluding hydrogens is 250 g/mol. The van der Waals surface area contributed by atoms with Gasteiger partial charge in [0, 0.05) is 31.4 Å². The lowest BCUT2D eigenvalue weighted by atomic mass is 10.1. The van der Waals surface area contributed by atoms with Crippen LogP contribution in [0.5, 0.6) is 0 Å². The number of nitrogens with zero attached hydrogens (tertiary/aromatic N) is 2. The number of hydrogen-bond donors (Lipinski definition) is 2. The molecule has 0 saturated heterocycles. The molecule has 20 heavy (non-hydrogen) atoms. The first-order valence-corrected chi connectivity index (χ1v) is 7.22. The van der Waals surface area contributed by atoms with Gasteiger partial charge in [-0.1, -0.05) is 30.3 Å². The maximum absolute atomic E-state index is 9.96. The minimum Gasteiger partial charge on any atom is -0.392 e. The predicted molar refractivity (Wildman–Crippen MR) is 80.4 cm³/mol. The van der Waals surface area contributed by atoms with Crippen molar-refractivity contribution in [2.75, 3.05) is 6.54 Å². The fourth-order valence-electron chi connectivity index (χ4n) is 2.13. The molecule has 0 bridgehead atoms. The van der Waals surface area contributed by atoms with E-state index in [2.05, 4.69) is 29.5 Å². The first kappa shape index (κ1) is 14.8. The van der Waals surface area contributed by atoms with Crippen LogP contribution in [0.2, 0.25) is 0 Å². The Labute approximate surface area is 120 Å². The van der Waals surface area contributed by atoms with E-state index < -0.39 is 0 Å². The summed E-state index contributed by atoms with van der Waals surface area (Å²) >= 11 is 0. The van der Waals surface area contributed by atoms with Gasteiger partial charge < -0.3 is 10.4 Å². The van der Waals surface area contributed by atoms with Gasteiger partial charge in [-0.3, -0.25) is 4.68 Å². The van der Waals surface area contributed by atoms with Crippen molar-refractivity contribution in [3.8, 4) is 0 Å². The first-order valence-electron chi connectivity index (χ1n) is 7.22. The summed E-state index contributed by atoms with van der Waals surface area (Å²) in [5.41, 5.74) is 2.43. The van der Waals surface area contributed by atoms with E-state index in [1.165, 1.54) is 5.56 Å². The highest BCUT2D eigenvalue weighted by atomic mass is 16.3. The summed E-state index contributed by atoms with van der Waals surface area (Å²) in [6.07, 6.45) is 5.29. The van der Waals surface area contributed by atoms with E-state index in [1.807, 2.05) is 35.3 Å². The fourth-order valence-corrected chi connectivity index (χ4v) is 2.13. The molecule has 0 amide bonds. The maximum atomic E-state index is 9.96. The normalized spacial score (nSPS) is 12.5. The number of rotatable bonds is 8. The summed E-state index contributed by atoms with van der Waals surface area (Å²) in [6, 6.07) is 10.3. The summed E-state index contributed by atoms with van der Waals surface area (Å²) in [5, 5.41) is 17.5. The molecule has 108 valence electrons. The van der Waals surface area contributed by atoms with Crippen LogP contribution in [0.3, 0.4) is 0 Å². The molecule has 0 unspecified atom stereocenters. The van der Waals surface area contributed by atoms with Gasteiger partial charge in [0.25, 0.3) is 0 Å². The number of aromatic nitrogens is 2. The largest absolute Gasteiger partial charge is 0.392 e. The summed E-state index contributed by atoms with van der Waals surface area (Å²) in [7, 11) is 0. The summed E-state index contributed by atoms with van der Waals surface area (Å²) in [4.78, 5) is 0. The van der Waals surface area contributed by atoms with E-state index in [9.17, 15) is 5.11 Å². The Morgan fingerprint density at radius 2 is 2.05 bits per heavy atom. The third-order valence-corrected chi connectivity index (χ3v) is 3.33. The van der Waals surface area contributed by atoms with E-state index in [1.54, 1.807) is 0 Å². The van der Waals surface area contributed by atoms with Gasteiger partial charge in [0.1, 0.15) is 0 Å². The highest BCUT2D eigenvalue weighted by Gasteiger charge is 2.05. The van der Waals surface area contributed by atoms with Gasteiger partial charge in [0.2, 0.25) is 0 Å².